The smallest absolute Gasteiger partial charge is 0.134 e. The van der Waals surface area contributed by atoms with E-state index in [1.165, 1.54) is 11.1 Å². The summed E-state index contributed by atoms with van der Waals surface area (Å²) in [6.07, 6.45) is 0. The average Bonchev–Trinajstić information content (AvgIpc) is 3.13. The summed E-state index contributed by atoms with van der Waals surface area (Å²) >= 11 is 0. The first kappa shape index (κ1) is 17.2. The zero-order chi connectivity index (χ0) is 17.1. The Morgan fingerprint density at radius 1 is 1.12 bits per heavy atom. The van der Waals surface area contributed by atoms with Gasteiger partial charge in [-0.15, -0.1) is 0 Å². The zero-order valence-corrected chi connectivity index (χ0v) is 14.9. The van der Waals surface area contributed by atoms with Crippen LogP contribution in [0.25, 0.3) is 11.3 Å². The molecule has 1 N–H and O–H groups in total. The summed E-state index contributed by atoms with van der Waals surface area (Å²) in [5.41, 5.74) is 2.45. The fraction of sp³-hybridized carbons (Fsp3) is 0.500. The van der Waals surface area contributed by atoms with E-state index in [4.69, 9.17) is 4.42 Å². The fourth-order valence-corrected chi connectivity index (χ4v) is 3.77. The first-order chi connectivity index (χ1) is 11.6. The molecule has 24 heavy (non-hydrogen) atoms. The average molecular weight is 328 g/mol. The minimum absolute atomic E-state index is 0.272. The second-order valence-electron chi connectivity index (χ2n) is 7.23. The lowest BCUT2D eigenvalue weighted by molar-refractivity contribution is 0.183. The van der Waals surface area contributed by atoms with Crippen molar-refractivity contribution in [1.82, 2.24) is 9.80 Å². The third-order valence-electron chi connectivity index (χ3n) is 4.90. The van der Waals surface area contributed by atoms with Crippen molar-refractivity contribution in [1.29, 1.82) is 0 Å². The van der Waals surface area contributed by atoms with Gasteiger partial charge in [-0.2, -0.15) is 0 Å². The second-order valence-corrected chi connectivity index (χ2v) is 7.23. The Hall–Kier alpha value is -1.62. The highest BCUT2D eigenvalue weighted by atomic mass is 16.3. The highest BCUT2D eigenvalue weighted by Gasteiger charge is 2.32. The molecule has 2 heterocycles. The minimum atomic E-state index is 0.272. The van der Waals surface area contributed by atoms with Crippen LogP contribution in [-0.4, -0.2) is 55.2 Å². The van der Waals surface area contributed by atoms with Gasteiger partial charge in [0.1, 0.15) is 11.5 Å². The van der Waals surface area contributed by atoms with E-state index in [0.29, 0.717) is 11.8 Å². The summed E-state index contributed by atoms with van der Waals surface area (Å²) < 4.78 is 5.83. The summed E-state index contributed by atoms with van der Waals surface area (Å²) in [5.74, 6) is 2.77. The molecule has 1 saturated heterocycles. The number of nitrogens with zero attached hydrogens (tertiary/aromatic N) is 2. The van der Waals surface area contributed by atoms with Crippen molar-refractivity contribution in [3.8, 4) is 11.3 Å². The van der Waals surface area contributed by atoms with Gasteiger partial charge in [0.05, 0.1) is 0 Å². The maximum absolute atomic E-state index is 9.71. The van der Waals surface area contributed by atoms with Gasteiger partial charge in [-0.25, -0.2) is 0 Å². The van der Waals surface area contributed by atoms with Crippen LogP contribution < -0.4 is 0 Å². The van der Waals surface area contributed by atoms with E-state index in [0.717, 1.165) is 37.7 Å². The monoisotopic (exact) mass is 328 g/mol. The Morgan fingerprint density at radius 2 is 1.88 bits per heavy atom. The van der Waals surface area contributed by atoms with Crippen molar-refractivity contribution < 1.29 is 9.52 Å². The van der Waals surface area contributed by atoms with Crippen molar-refractivity contribution in [2.75, 3.05) is 40.3 Å². The molecule has 3 rings (SSSR count). The predicted octanol–water partition coefficient (Wildman–Crippen LogP) is 2.86. The van der Waals surface area contributed by atoms with Gasteiger partial charge in [-0.05, 0) is 50.6 Å². The fourth-order valence-electron chi connectivity index (χ4n) is 3.77. The standard InChI is InChI=1S/C20H28N2O2/c1-15-8-9-20(24-15)19-7-5-4-6-16(19)11-22-12-17(10-21(2)3)18(13-22)14-23/h4-9,17-18,23H,10-14H2,1-3H3/t17-,18-/m1/s1. The van der Waals surface area contributed by atoms with Crippen molar-refractivity contribution in [3.05, 3.63) is 47.7 Å². The molecule has 4 nitrogen and oxygen atoms in total. The highest BCUT2D eigenvalue weighted by molar-refractivity contribution is 5.62. The Bertz CT molecular complexity index is 665. The van der Waals surface area contributed by atoms with E-state index in [2.05, 4.69) is 48.2 Å². The lowest BCUT2D eigenvalue weighted by Gasteiger charge is -2.20. The van der Waals surface area contributed by atoms with Gasteiger partial charge in [0.15, 0.2) is 0 Å². The van der Waals surface area contributed by atoms with Crippen LogP contribution in [0.3, 0.4) is 0 Å². The zero-order valence-electron chi connectivity index (χ0n) is 14.9. The van der Waals surface area contributed by atoms with E-state index in [1.807, 2.05) is 19.1 Å². The molecular formula is C20H28N2O2. The maximum atomic E-state index is 9.71. The summed E-state index contributed by atoms with van der Waals surface area (Å²) in [6, 6.07) is 12.5. The maximum Gasteiger partial charge on any atom is 0.134 e. The topological polar surface area (TPSA) is 39.9 Å². The lowest BCUT2D eigenvalue weighted by atomic mass is 9.97. The lowest BCUT2D eigenvalue weighted by Crippen LogP contribution is -2.28. The van der Waals surface area contributed by atoms with E-state index >= 15 is 0 Å². The number of hydrogen-bond acceptors (Lipinski definition) is 4. The molecular weight excluding hydrogens is 300 g/mol. The summed E-state index contributed by atoms with van der Waals surface area (Å²) in [7, 11) is 4.21. The molecule has 130 valence electrons. The molecule has 1 aliphatic rings. The largest absolute Gasteiger partial charge is 0.461 e. The number of hydrogen-bond donors (Lipinski definition) is 1. The number of aliphatic hydroxyl groups excluding tert-OH is 1. The Kier molecular flexibility index (Phi) is 5.39. The Balaban J connectivity index is 1.75. The molecule has 0 radical (unpaired) electrons. The van der Waals surface area contributed by atoms with Crippen LogP contribution in [0.5, 0.6) is 0 Å². The minimum Gasteiger partial charge on any atom is -0.461 e. The first-order valence-electron chi connectivity index (χ1n) is 8.69. The summed E-state index contributed by atoms with van der Waals surface area (Å²) in [6.45, 7) is 6.17. The van der Waals surface area contributed by atoms with Gasteiger partial charge >= 0.3 is 0 Å². The molecule has 0 spiro atoms. The van der Waals surface area contributed by atoms with Crippen molar-refractivity contribution >= 4 is 0 Å². The van der Waals surface area contributed by atoms with Gasteiger partial charge in [0, 0.05) is 38.3 Å². The van der Waals surface area contributed by atoms with Crippen LogP contribution in [0.4, 0.5) is 0 Å². The number of aryl methyl sites for hydroxylation is 1. The van der Waals surface area contributed by atoms with E-state index in [9.17, 15) is 5.11 Å². The Morgan fingerprint density at radius 3 is 2.54 bits per heavy atom. The van der Waals surface area contributed by atoms with Gasteiger partial charge in [-0.3, -0.25) is 4.90 Å². The van der Waals surface area contributed by atoms with E-state index < -0.39 is 0 Å². The number of benzene rings is 1. The van der Waals surface area contributed by atoms with Crippen LogP contribution in [0.2, 0.25) is 0 Å². The second kappa shape index (κ2) is 7.51. The highest BCUT2D eigenvalue weighted by Crippen LogP contribution is 2.30. The molecule has 1 aliphatic heterocycles. The van der Waals surface area contributed by atoms with Gasteiger partial charge in [-0.1, -0.05) is 24.3 Å². The molecule has 1 aromatic heterocycles. The SMILES string of the molecule is Cc1ccc(-c2ccccc2CN2C[C@@H](CN(C)C)[C@@H](CO)C2)o1. The molecule has 0 amide bonds. The molecule has 1 aromatic carbocycles. The molecule has 0 unspecified atom stereocenters. The normalized spacial score (nSPS) is 21.7. The quantitative estimate of drug-likeness (QED) is 0.885. The Labute approximate surface area is 144 Å². The summed E-state index contributed by atoms with van der Waals surface area (Å²) in [5, 5.41) is 9.71. The number of aliphatic hydroxyl groups is 1. The predicted molar refractivity (Wildman–Crippen MR) is 96.8 cm³/mol. The van der Waals surface area contributed by atoms with Gasteiger partial charge < -0.3 is 14.4 Å². The molecule has 0 bridgehead atoms. The molecule has 0 aliphatic carbocycles. The van der Waals surface area contributed by atoms with E-state index in [1.54, 1.807) is 0 Å². The first-order valence-corrected chi connectivity index (χ1v) is 8.69. The molecule has 2 aromatic rings. The third kappa shape index (κ3) is 3.89. The van der Waals surface area contributed by atoms with Crippen LogP contribution in [0, 0.1) is 18.8 Å². The van der Waals surface area contributed by atoms with Crippen LogP contribution in [0.15, 0.2) is 40.8 Å². The van der Waals surface area contributed by atoms with Gasteiger partial charge in [0.25, 0.3) is 0 Å². The number of rotatable bonds is 6. The number of likely N-dealkylation sites (tertiary alicyclic amines) is 1. The molecule has 1 fully saturated rings. The van der Waals surface area contributed by atoms with E-state index in [-0.39, 0.29) is 6.61 Å². The molecule has 0 saturated carbocycles. The summed E-state index contributed by atoms with van der Waals surface area (Å²) in [4.78, 5) is 4.68. The van der Waals surface area contributed by atoms with Crippen LogP contribution >= 0.6 is 0 Å². The molecule has 4 heteroatoms. The third-order valence-corrected chi connectivity index (χ3v) is 4.90. The van der Waals surface area contributed by atoms with Crippen molar-refractivity contribution in [3.63, 3.8) is 0 Å². The van der Waals surface area contributed by atoms with Crippen LogP contribution in [0.1, 0.15) is 11.3 Å². The van der Waals surface area contributed by atoms with Crippen molar-refractivity contribution in [2.45, 2.75) is 13.5 Å². The van der Waals surface area contributed by atoms with Gasteiger partial charge in [0.2, 0.25) is 0 Å². The molecule has 2 atom stereocenters. The van der Waals surface area contributed by atoms with Crippen LogP contribution in [-0.2, 0) is 6.54 Å². The van der Waals surface area contributed by atoms with Crippen molar-refractivity contribution in [2.24, 2.45) is 11.8 Å². The number of furan rings is 1.